The van der Waals surface area contributed by atoms with E-state index in [1.54, 1.807) is 26.8 Å². The molecule has 0 amide bonds. The van der Waals surface area contributed by atoms with Crippen LogP contribution in [-0.2, 0) is 11.8 Å². The molecule has 5 nitrogen and oxygen atoms in total. The molecule has 9 heteroatoms. The van der Waals surface area contributed by atoms with Gasteiger partial charge in [-0.05, 0) is 26.8 Å². The molecule has 2 heterocycles. The molecule has 0 bridgehead atoms. The number of halogens is 3. The fourth-order valence-corrected chi connectivity index (χ4v) is 2.52. The quantitative estimate of drug-likeness (QED) is 0.905. The number of aliphatic hydroxyl groups is 1. The highest BCUT2D eigenvalue weighted by atomic mass is 32.1. The molecular formula is C12H14F3N3O2S. The van der Waals surface area contributed by atoms with Crippen LogP contribution in [0.1, 0.15) is 29.0 Å². The van der Waals surface area contributed by atoms with E-state index in [-0.39, 0.29) is 11.7 Å². The van der Waals surface area contributed by atoms with E-state index in [2.05, 4.69) is 15.5 Å². The number of nitrogens with one attached hydrogen (secondary N) is 1. The summed E-state index contributed by atoms with van der Waals surface area (Å²) < 4.78 is 42.6. The van der Waals surface area contributed by atoms with Gasteiger partial charge in [-0.3, -0.25) is 0 Å². The van der Waals surface area contributed by atoms with Crippen molar-refractivity contribution in [1.29, 1.82) is 0 Å². The van der Waals surface area contributed by atoms with Gasteiger partial charge in [0.1, 0.15) is 17.1 Å². The maximum Gasteiger partial charge on any atom is 0.445 e. The van der Waals surface area contributed by atoms with E-state index in [1.807, 2.05) is 0 Å². The summed E-state index contributed by atoms with van der Waals surface area (Å²) in [6.07, 6.45) is -4.52. The summed E-state index contributed by atoms with van der Waals surface area (Å²) in [6.45, 7) is 4.99. The zero-order valence-corrected chi connectivity index (χ0v) is 12.4. The van der Waals surface area contributed by atoms with Gasteiger partial charge in [0, 0.05) is 12.1 Å². The van der Waals surface area contributed by atoms with Crippen molar-refractivity contribution in [1.82, 2.24) is 10.2 Å². The van der Waals surface area contributed by atoms with Crippen LogP contribution in [-0.4, -0.2) is 21.8 Å². The molecule has 1 atom stereocenters. The number of anilines is 1. The van der Waals surface area contributed by atoms with Gasteiger partial charge in [0.15, 0.2) is 0 Å². The highest BCUT2D eigenvalue weighted by Gasteiger charge is 2.36. The second kappa shape index (κ2) is 5.30. The third-order valence-electron chi connectivity index (χ3n) is 2.87. The summed E-state index contributed by atoms with van der Waals surface area (Å²) >= 11 is 0.392. The molecule has 0 aliphatic rings. The first kappa shape index (κ1) is 15.8. The first-order valence-corrected chi connectivity index (χ1v) is 6.86. The second-order valence-corrected chi connectivity index (χ2v) is 5.84. The number of aryl methyl sites for hydroxylation is 2. The Kier molecular flexibility index (Phi) is 3.98. The number of furan rings is 1. The largest absolute Gasteiger partial charge is 0.466 e. The van der Waals surface area contributed by atoms with Crippen LogP contribution in [0.25, 0.3) is 0 Å². The normalized spacial score (nSPS) is 15.0. The molecule has 2 rings (SSSR count). The zero-order valence-electron chi connectivity index (χ0n) is 11.6. The molecular weight excluding hydrogens is 307 g/mol. The Hall–Kier alpha value is -1.61. The van der Waals surface area contributed by atoms with Crippen molar-refractivity contribution in [3.8, 4) is 0 Å². The van der Waals surface area contributed by atoms with Crippen molar-refractivity contribution in [2.45, 2.75) is 32.5 Å². The minimum atomic E-state index is -4.52. The first-order valence-electron chi connectivity index (χ1n) is 6.04. The van der Waals surface area contributed by atoms with Gasteiger partial charge in [0.25, 0.3) is 0 Å². The minimum Gasteiger partial charge on any atom is -0.466 e. The van der Waals surface area contributed by atoms with Gasteiger partial charge in [0.05, 0.1) is 0 Å². The van der Waals surface area contributed by atoms with Crippen LogP contribution in [0.3, 0.4) is 0 Å². The predicted molar refractivity (Wildman–Crippen MR) is 71.2 cm³/mol. The summed E-state index contributed by atoms with van der Waals surface area (Å²) in [4.78, 5) is 0. The summed E-state index contributed by atoms with van der Waals surface area (Å²) in [5.41, 5.74) is -0.723. The molecule has 2 aromatic heterocycles. The van der Waals surface area contributed by atoms with Crippen molar-refractivity contribution in [3.63, 3.8) is 0 Å². The molecule has 0 spiro atoms. The standard InChI is InChI=1S/C12H14F3N3O2S/c1-6-4-8(7(2)20-6)11(3,19)5-16-10-18-17-9(21-10)12(13,14)15/h4,19H,5H2,1-3H3,(H,16,18). The maximum atomic E-state index is 12.4. The number of rotatable bonds is 4. The molecule has 2 aromatic rings. The van der Waals surface area contributed by atoms with E-state index in [0.29, 0.717) is 28.4 Å². The van der Waals surface area contributed by atoms with E-state index < -0.39 is 16.8 Å². The van der Waals surface area contributed by atoms with Crippen LogP contribution in [0.4, 0.5) is 18.3 Å². The molecule has 21 heavy (non-hydrogen) atoms. The van der Waals surface area contributed by atoms with Crippen molar-refractivity contribution in [3.05, 3.63) is 28.2 Å². The minimum absolute atomic E-state index is 0.000435. The second-order valence-electron chi connectivity index (χ2n) is 4.86. The molecule has 116 valence electrons. The Morgan fingerprint density at radius 3 is 2.48 bits per heavy atom. The lowest BCUT2D eigenvalue weighted by molar-refractivity contribution is -0.138. The first-order chi connectivity index (χ1) is 9.59. The topological polar surface area (TPSA) is 71.2 Å². The number of aromatic nitrogens is 2. The molecule has 2 N–H and O–H groups in total. The Balaban J connectivity index is 2.08. The summed E-state index contributed by atoms with van der Waals surface area (Å²) in [6, 6.07) is 1.69. The SMILES string of the molecule is Cc1cc(C(C)(O)CNc2nnc(C(F)(F)F)s2)c(C)o1. The van der Waals surface area contributed by atoms with Crippen LogP contribution >= 0.6 is 11.3 Å². The van der Waals surface area contributed by atoms with Crippen LogP contribution in [0.5, 0.6) is 0 Å². The average molecular weight is 321 g/mol. The predicted octanol–water partition coefficient (Wildman–Crippen LogP) is 3.09. The van der Waals surface area contributed by atoms with Crippen molar-refractivity contribution in [2.24, 2.45) is 0 Å². The van der Waals surface area contributed by atoms with E-state index in [4.69, 9.17) is 4.42 Å². The van der Waals surface area contributed by atoms with Gasteiger partial charge < -0.3 is 14.8 Å². The average Bonchev–Trinajstić information content (AvgIpc) is 2.93. The summed E-state index contributed by atoms with van der Waals surface area (Å²) in [5.74, 6) is 1.21. The summed E-state index contributed by atoms with van der Waals surface area (Å²) in [7, 11) is 0. The lowest BCUT2D eigenvalue weighted by Crippen LogP contribution is -2.31. The van der Waals surface area contributed by atoms with E-state index in [1.165, 1.54) is 0 Å². The number of hydrogen-bond acceptors (Lipinski definition) is 6. The van der Waals surface area contributed by atoms with E-state index in [0.717, 1.165) is 0 Å². The Morgan fingerprint density at radius 2 is 2.00 bits per heavy atom. The van der Waals surface area contributed by atoms with Crippen LogP contribution in [0.15, 0.2) is 10.5 Å². The van der Waals surface area contributed by atoms with Crippen LogP contribution in [0.2, 0.25) is 0 Å². The van der Waals surface area contributed by atoms with Gasteiger partial charge in [-0.1, -0.05) is 11.3 Å². The highest BCUT2D eigenvalue weighted by molar-refractivity contribution is 7.15. The van der Waals surface area contributed by atoms with Gasteiger partial charge in [0.2, 0.25) is 10.1 Å². The Labute approximate surface area is 122 Å². The number of hydrogen-bond donors (Lipinski definition) is 2. The van der Waals surface area contributed by atoms with Crippen molar-refractivity contribution in [2.75, 3.05) is 11.9 Å². The van der Waals surface area contributed by atoms with E-state index >= 15 is 0 Å². The number of nitrogens with zero attached hydrogens (tertiary/aromatic N) is 2. The van der Waals surface area contributed by atoms with Crippen molar-refractivity contribution >= 4 is 16.5 Å². The van der Waals surface area contributed by atoms with Gasteiger partial charge in [-0.25, -0.2) is 0 Å². The zero-order chi connectivity index (χ0) is 15.8. The fraction of sp³-hybridized carbons (Fsp3) is 0.500. The Morgan fingerprint density at radius 1 is 1.33 bits per heavy atom. The van der Waals surface area contributed by atoms with Crippen molar-refractivity contribution < 1.29 is 22.7 Å². The lowest BCUT2D eigenvalue weighted by Gasteiger charge is -2.22. The molecule has 1 unspecified atom stereocenters. The molecule has 0 saturated carbocycles. The molecule has 0 radical (unpaired) electrons. The monoisotopic (exact) mass is 321 g/mol. The van der Waals surface area contributed by atoms with Crippen LogP contribution < -0.4 is 5.32 Å². The molecule has 0 saturated heterocycles. The molecule has 0 fully saturated rings. The van der Waals surface area contributed by atoms with Gasteiger partial charge in [-0.2, -0.15) is 13.2 Å². The third-order valence-corrected chi connectivity index (χ3v) is 3.80. The van der Waals surface area contributed by atoms with E-state index in [9.17, 15) is 18.3 Å². The third kappa shape index (κ3) is 3.53. The highest BCUT2D eigenvalue weighted by Crippen LogP contribution is 2.33. The smallest absolute Gasteiger partial charge is 0.445 e. The van der Waals surface area contributed by atoms with Gasteiger partial charge >= 0.3 is 6.18 Å². The Bertz CT molecular complexity index is 634. The van der Waals surface area contributed by atoms with Crippen LogP contribution in [0, 0.1) is 13.8 Å². The molecule has 0 aliphatic heterocycles. The fourth-order valence-electron chi connectivity index (χ4n) is 1.92. The number of alkyl halides is 3. The van der Waals surface area contributed by atoms with Gasteiger partial charge in [-0.15, -0.1) is 10.2 Å². The molecule has 0 aliphatic carbocycles. The molecule has 0 aromatic carbocycles. The summed E-state index contributed by atoms with van der Waals surface area (Å²) in [5, 5.41) is 18.5. The lowest BCUT2D eigenvalue weighted by atomic mass is 9.96. The maximum absolute atomic E-state index is 12.4.